The molecule has 0 spiro atoms. The molecule has 1 aliphatic carbocycles. The second-order valence-electron chi connectivity index (χ2n) is 10.7. The highest BCUT2D eigenvalue weighted by molar-refractivity contribution is 5.94. The van der Waals surface area contributed by atoms with Gasteiger partial charge in [0.25, 0.3) is 5.92 Å². The van der Waals surface area contributed by atoms with Gasteiger partial charge in [-0.05, 0) is 44.4 Å². The van der Waals surface area contributed by atoms with Crippen molar-refractivity contribution >= 4 is 23.6 Å². The number of hydrogen-bond donors (Lipinski definition) is 3. The minimum atomic E-state index is -5.27. The molecule has 6 atom stereocenters. The van der Waals surface area contributed by atoms with Gasteiger partial charge in [0.2, 0.25) is 17.7 Å². The zero-order chi connectivity index (χ0) is 28.4. The summed E-state index contributed by atoms with van der Waals surface area (Å²) >= 11 is 0. The van der Waals surface area contributed by atoms with Crippen LogP contribution in [0.25, 0.3) is 0 Å². The Kier molecular flexibility index (Phi) is 8.88. The van der Waals surface area contributed by atoms with E-state index in [1.54, 1.807) is 19.2 Å². The highest BCUT2D eigenvalue weighted by Crippen LogP contribution is 2.49. The van der Waals surface area contributed by atoms with E-state index in [2.05, 4.69) is 10.6 Å². The Morgan fingerprint density at radius 2 is 1.87 bits per heavy atom. The zero-order valence-corrected chi connectivity index (χ0v) is 21.1. The van der Waals surface area contributed by atoms with E-state index in [0.717, 1.165) is 4.90 Å². The van der Waals surface area contributed by atoms with Crippen molar-refractivity contribution in [2.75, 3.05) is 6.54 Å². The molecule has 3 heterocycles. The van der Waals surface area contributed by atoms with Crippen LogP contribution in [0.3, 0.4) is 0 Å². The van der Waals surface area contributed by atoms with E-state index in [1.165, 1.54) is 0 Å². The third-order valence-corrected chi connectivity index (χ3v) is 7.42. The van der Waals surface area contributed by atoms with Crippen molar-refractivity contribution < 1.29 is 41.1 Å². The largest absolute Gasteiger partial charge is 0.471 e. The maximum Gasteiger partial charge on any atom is 0.471 e. The van der Waals surface area contributed by atoms with Crippen LogP contribution in [0.4, 0.5) is 22.0 Å². The average molecular weight is 550 g/mol. The molecule has 3 aliphatic heterocycles. The first-order valence-corrected chi connectivity index (χ1v) is 12.7. The molecule has 4 amide bonds. The Bertz CT molecular complexity index is 982. The summed E-state index contributed by atoms with van der Waals surface area (Å²) in [5.74, 6) is -10.6. The van der Waals surface area contributed by atoms with E-state index in [-0.39, 0.29) is 37.5 Å². The molecule has 9 nitrogen and oxygen atoms in total. The van der Waals surface area contributed by atoms with Crippen molar-refractivity contribution in [1.82, 2.24) is 20.9 Å². The lowest BCUT2D eigenvalue weighted by Gasteiger charge is -2.54. The molecule has 2 bridgehead atoms. The molecule has 3 N–H and O–H groups in total. The smallest absolute Gasteiger partial charge is 0.356 e. The summed E-state index contributed by atoms with van der Waals surface area (Å²) in [5, 5.41) is 16.3. The number of amides is 4. The third kappa shape index (κ3) is 6.53. The lowest BCUT2D eigenvalue weighted by Crippen LogP contribution is -2.71. The molecule has 0 radical (unpaired) electrons. The molecule has 0 unspecified atom stereocenters. The predicted molar refractivity (Wildman–Crippen MR) is 122 cm³/mol. The maximum absolute atomic E-state index is 14.9. The molecule has 38 heavy (non-hydrogen) atoms. The Labute approximate surface area is 216 Å². The van der Waals surface area contributed by atoms with E-state index >= 15 is 0 Å². The van der Waals surface area contributed by atoms with Crippen molar-refractivity contribution in [2.45, 2.75) is 95.1 Å². The normalized spacial score (nSPS) is 28.2. The van der Waals surface area contributed by atoms with Crippen LogP contribution >= 0.6 is 0 Å². The lowest BCUT2D eigenvalue weighted by atomic mass is 9.71. The van der Waals surface area contributed by atoms with Crippen LogP contribution in [0.5, 0.6) is 0 Å². The van der Waals surface area contributed by atoms with E-state index in [9.17, 15) is 46.4 Å². The molecule has 3 saturated heterocycles. The van der Waals surface area contributed by atoms with Gasteiger partial charge in [-0.25, -0.2) is 8.78 Å². The first-order chi connectivity index (χ1) is 17.7. The predicted octanol–water partition coefficient (Wildman–Crippen LogP) is 2.02. The van der Waals surface area contributed by atoms with Crippen LogP contribution in [0, 0.1) is 29.1 Å². The summed E-state index contributed by atoms with van der Waals surface area (Å²) in [6, 6.07) is -3.93. The van der Waals surface area contributed by atoms with Gasteiger partial charge in [0.1, 0.15) is 18.1 Å². The summed E-state index contributed by atoms with van der Waals surface area (Å²) in [5.41, 5.74) is 0. The van der Waals surface area contributed by atoms with Crippen LogP contribution in [-0.2, 0) is 19.2 Å². The second kappa shape index (κ2) is 11.4. The molecule has 14 heteroatoms. The van der Waals surface area contributed by atoms with Crippen molar-refractivity contribution in [3.8, 4) is 6.07 Å². The number of nitrogens with one attached hydrogen (secondary N) is 3. The number of carbonyl (C=O) groups is 4. The van der Waals surface area contributed by atoms with Gasteiger partial charge in [-0.1, -0.05) is 13.8 Å². The van der Waals surface area contributed by atoms with Gasteiger partial charge in [0, 0.05) is 24.9 Å². The maximum atomic E-state index is 14.9. The lowest BCUT2D eigenvalue weighted by molar-refractivity contribution is -0.196. The topological polar surface area (TPSA) is 131 Å². The molecular formula is C24H32F5N5O4. The monoisotopic (exact) mass is 549 g/mol. The molecule has 4 aliphatic rings. The summed E-state index contributed by atoms with van der Waals surface area (Å²) in [6.07, 6.45) is -5.15. The van der Waals surface area contributed by atoms with Gasteiger partial charge in [0.05, 0.1) is 12.0 Å². The number of piperidine rings is 3. The standard InChI is InChI=1S/C24H32F5N5O4/c1-12(2)8-17(33-22(38)24(27,28)29)21(37)34-15-5-6-16(23(25,26)10-15)18(34)20(36)32-14(11-30)9-13-4-3-7-31-19(13)35/h12-18H,3-10H2,1-2H3,(H,31,35)(H,32,36)(H,33,38)/t13-,14+,15+,16+,17-,18-/m1/s1. The SMILES string of the molecule is CC(C)C[C@@H](NC(=O)C(F)(F)F)C(=O)N1[C@H]2CC[C@@H]([C@@H]1C(=O)N[C@H](C#N)C[C@H]1CCCNC1=O)C(F)(F)C2. The average Bonchev–Trinajstić information content (AvgIpc) is 2.82. The molecule has 0 aromatic heterocycles. The second-order valence-corrected chi connectivity index (χ2v) is 10.7. The zero-order valence-electron chi connectivity index (χ0n) is 21.1. The molecule has 212 valence electrons. The van der Waals surface area contributed by atoms with Gasteiger partial charge in [0.15, 0.2) is 0 Å². The molecule has 0 aromatic carbocycles. The van der Waals surface area contributed by atoms with Gasteiger partial charge < -0.3 is 20.9 Å². The fourth-order valence-corrected chi connectivity index (χ4v) is 5.68. The van der Waals surface area contributed by atoms with Gasteiger partial charge >= 0.3 is 12.1 Å². The molecule has 4 fully saturated rings. The quantitative estimate of drug-likeness (QED) is 0.399. The highest BCUT2D eigenvalue weighted by Gasteiger charge is 2.61. The molecule has 1 saturated carbocycles. The van der Waals surface area contributed by atoms with E-state index in [4.69, 9.17) is 0 Å². The minimum Gasteiger partial charge on any atom is -0.356 e. The van der Waals surface area contributed by atoms with Crippen LogP contribution in [0.15, 0.2) is 0 Å². The summed E-state index contributed by atoms with van der Waals surface area (Å²) < 4.78 is 68.7. The van der Waals surface area contributed by atoms with Crippen molar-refractivity contribution in [1.29, 1.82) is 5.26 Å². The Morgan fingerprint density at radius 3 is 2.42 bits per heavy atom. The number of fused-ring (bicyclic) bond motifs is 3. The van der Waals surface area contributed by atoms with Crippen molar-refractivity contribution in [2.24, 2.45) is 17.8 Å². The van der Waals surface area contributed by atoms with Gasteiger partial charge in [-0.2, -0.15) is 18.4 Å². The van der Waals surface area contributed by atoms with E-state index < -0.39 is 72.2 Å². The number of nitriles is 1. The Hall–Kier alpha value is -2.98. The first kappa shape index (κ1) is 29.6. The number of rotatable bonds is 8. The van der Waals surface area contributed by atoms with Crippen molar-refractivity contribution in [3.05, 3.63) is 0 Å². The van der Waals surface area contributed by atoms with Crippen LogP contribution in [0.1, 0.15) is 58.8 Å². The number of halogens is 5. The Morgan fingerprint density at radius 1 is 1.18 bits per heavy atom. The number of hydrogen-bond acceptors (Lipinski definition) is 5. The highest BCUT2D eigenvalue weighted by atomic mass is 19.4. The third-order valence-electron chi connectivity index (χ3n) is 7.42. The van der Waals surface area contributed by atoms with E-state index in [0.29, 0.717) is 19.4 Å². The van der Waals surface area contributed by atoms with Gasteiger partial charge in [-0.15, -0.1) is 0 Å². The van der Waals surface area contributed by atoms with Gasteiger partial charge in [-0.3, -0.25) is 19.2 Å². The fourth-order valence-electron chi connectivity index (χ4n) is 5.68. The minimum absolute atomic E-state index is 0.0587. The van der Waals surface area contributed by atoms with Crippen LogP contribution < -0.4 is 16.0 Å². The molecule has 0 aromatic rings. The Balaban J connectivity index is 1.87. The van der Waals surface area contributed by atoms with Crippen LogP contribution in [-0.4, -0.2) is 71.3 Å². The van der Waals surface area contributed by atoms with Crippen LogP contribution in [0.2, 0.25) is 0 Å². The fraction of sp³-hybridized carbons (Fsp3) is 0.792. The van der Waals surface area contributed by atoms with Crippen molar-refractivity contribution in [3.63, 3.8) is 0 Å². The number of carbonyl (C=O) groups excluding carboxylic acids is 4. The molecular weight excluding hydrogens is 517 g/mol. The number of nitrogens with zero attached hydrogens (tertiary/aromatic N) is 2. The number of alkyl halides is 5. The summed E-state index contributed by atoms with van der Waals surface area (Å²) in [7, 11) is 0. The molecule has 4 rings (SSSR count). The first-order valence-electron chi connectivity index (χ1n) is 12.7. The van der Waals surface area contributed by atoms with E-state index in [1.807, 2.05) is 6.07 Å². The summed E-state index contributed by atoms with van der Waals surface area (Å²) in [4.78, 5) is 51.5. The summed E-state index contributed by atoms with van der Waals surface area (Å²) in [6.45, 7) is 3.71.